The number of aromatic nitrogens is 3. The van der Waals surface area contributed by atoms with Crippen molar-refractivity contribution >= 4 is 11.6 Å². The van der Waals surface area contributed by atoms with E-state index >= 15 is 0 Å². The minimum Gasteiger partial charge on any atom is -0.543 e. The summed E-state index contributed by atoms with van der Waals surface area (Å²) in [5, 5.41) is 15.2. The van der Waals surface area contributed by atoms with Gasteiger partial charge < -0.3 is 9.90 Å². The number of hydrogen-bond donors (Lipinski definition) is 0. The molecule has 0 spiro atoms. The molecule has 0 fully saturated rings. The Hall–Kier alpha value is -1.91. The summed E-state index contributed by atoms with van der Waals surface area (Å²) in [6.45, 7) is 5.56. The first-order chi connectivity index (χ1) is 7.54. The Labute approximate surface area is 92.7 Å². The van der Waals surface area contributed by atoms with Gasteiger partial charge >= 0.3 is 0 Å². The van der Waals surface area contributed by atoms with E-state index in [-0.39, 0.29) is 5.69 Å². The van der Waals surface area contributed by atoms with Crippen molar-refractivity contribution in [3.05, 3.63) is 28.7 Å². The molecule has 5 nitrogen and oxygen atoms in total. The molecule has 2 aromatic heterocycles. The average molecular weight is 218 g/mol. The van der Waals surface area contributed by atoms with Crippen LogP contribution in [-0.4, -0.2) is 20.6 Å². The molecule has 0 aliphatic rings. The smallest absolute Gasteiger partial charge is 0.157 e. The van der Waals surface area contributed by atoms with Crippen LogP contribution in [-0.2, 0) is 6.42 Å². The van der Waals surface area contributed by atoms with Crippen molar-refractivity contribution in [3.8, 4) is 0 Å². The minimum absolute atomic E-state index is 0.0595. The van der Waals surface area contributed by atoms with E-state index in [0.29, 0.717) is 17.8 Å². The van der Waals surface area contributed by atoms with Crippen LogP contribution in [0.25, 0.3) is 5.65 Å². The SMILES string of the molecule is CCc1nc2c(C)cc(C)nn2c1C(=O)[O-]. The highest BCUT2D eigenvalue weighted by atomic mass is 16.4. The van der Waals surface area contributed by atoms with Crippen molar-refractivity contribution in [3.63, 3.8) is 0 Å². The van der Waals surface area contributed by atoms with Crippen molar-refractivity contribution < 1.29 is 9.90 Å². The summed E-state index contributed by atoms with van der Waals surface area (Å²) in [6.07, 6.45) is 0.547. The number of carboxylic acids is 1. The summed E-state index contributed by atoms with van der Waals surface area (Å²) in [7, 11) is 0. The van der Waals surface area contributed by atoms with Gasteiger partial charge in [0, 0.05) is 0 Å². The zero-order valence-electron chi connectivity index (χ0n) is 9.44. The van der Waals surface area contributed by atoms with E-state index in [2.05, 4.69) is 10.1 Å². The largest absolute Gasteiger partial charge is 0.543 e. The third-order valence-electron chi connectivity index (χ3n) is 2.49. The summed E-state index contributed by atoms with van der Waals surface area (Å²) < 4.78 is 1.36. The number of hydrogen-bond acceptors (Lipinski definition) is 4. The summed E-state index contributed by atoms with van der Waals surface area (Å²) in [5.41, 5.74) is 2.83. The highest BCUT2D eigenvalue weighted by Crippen LogP contribution is 2.15. The maximum absolute atomic E-state index is 11.1. The van der Waals surface area contributed by atoms with Crippen molar-refractivity contribution in [2.75, 3.05) is 0 Å². The molecule has 0 saturated heterocycles. The van der Waals surface area contributed by atoms with Crippen molar-refractivity contribution in [2.45, 2.75) is 27.2 Å². The molecule has 0 aliphatic carbocycles. The summed E-state index contributed by atoms with van der Waals surface area (Å²) in [4.78, 5) is 15.3. The summed E-state index contributed by atoms with van der Waals surface area (Å²) >= 11 is 0. The lowest BCUT2D eigenvalue weighted by atomic mass is 10.3. The fraction of sp³-hybridized carbons (Fsp3) is 0.364. The molecular formula is C11H12N3O2-. The number of nitrogens with zero attached hydrogens (tertiary/aromatic N) is 3. The molecule has 0 radical (unpaired) electrons. The molecule has 0 bridgehead atoms. The first kappa shape index (κ1) is 10.6. The second-order valence-corrected chi connectivity index (χ2v) is 3.75. The van der Waals surface area contributed by atoms with E-state index in [1.807, 2.05) is 26.8 Å². The van der Waals surface area contributed by atoms with Crippen molar-refractivity contribution in [2.24, 2.45) is 0 Å². The number of imidazole rings is 1. The molecule has 2 rings (SSSR count). The van der Waals surface area contributed by atoms with Gasteiger partial charge in [-0.2, -0.15) is 5.10 Å². The second kappa shape index (κ2) is 3.59. The van der Waals surface area contributed by atoms with Gasteiger partial charge in [0.2, 0.25) is 0 Å². The zero-order chi connectivity index (χ0) is 11.9. The molecule has 0 unspecified atom stereocenters. The Bertz CT molecular complexity index is 572. The first-order valence-corrected chi connectivity index (χ1v) is 5.11. The third-order valence-corrected chi connectivity index (χ3v) is 2.49. The molecule has 5 heteroatoms. The van der Waals surface area contributed by atoms with Gasteiger partial charge in [-0.1, -0.05) is 6.92 Å². The topological polar surface area (TPSA) is 70.3 Å². The molecule has 0 amide bonds. The highest BCUT2D eigenvalue weighted by Gasteiger charge is 2.14. The zero-order valence-corrected chi connectivity index (χ0v) is 9.44. The second-order valence-electron chi connectivity index (χ2n) is 3.75. The van der Waals surface area contributed by atoms with Gasteiger partial charge in [0.05, 0.1) is 17.4 Å². The number of aryl methyl sites for hydroxylation is 3. The molecule has 0 aromatic carbocycles. The number of aromatic carboxylic acids is 1. The monoisotopic (exact) mass is 218 g/mol. The molecule has 84 valence electrons. The fourth-order valence-corrected chi connectivity index (χ4v) is 1.82. The quantitative estimate of drug-likeness (QED) is 0.725. The van der Waals surface area contributed by atoms with Gasteiger partial charge in [-0.05, 0) is 31.9 Å². The Morgan fingerprint density at radius 2 is 2.19 bits per heavy atom. The number of carboxylic acid groups (broad SMARTS) is 1. The molecule has 0 atom stereocenters. The van der Waals surface area contributed by atoms with E-state index in [9.17, 15) is 9.90 Å². The van der Waals surface area contributed by atoms with E-state index < -0.39 is 5.97 Å². The average Bonchev–Trinajstić information content (AvgIpc) is 2.56. The van der Waals surface area contributed by atoms with Crippen LogP contribution in [0.4, 0.5) is 0 Å². The molecule has 0 saturated carbocycles. The molecule has 0 aliphatic heterocycles. The number of carbonyl (C=O) groups excluding carboxylic acids is 1. The predicted molar refractivity (Wildman–Crippen MR) is 56.2 cm³/mol. The molecule has 16 heavy (non-hydrogen) atoms. The van der Waals surface area contributed by atoms with Gasteiger partial charge in [-0.25, -0.2) is 9.50 Å². The first-order valence-electron chi connectivity index (χ1n) is 5.11. The van der Waals surface area contributed by atoms with Crippen LogP contribution in [0.1, 0.15) is 34.4 Å². The Kier molecular flexibility index (Phi) is 2.38. The van der Waals surface area contributed by atoms with Crippen LogP contribution >= 0.6 is 0 Å². The third kappa shape index (κ3) is 1.44. The normalized spacial score (nSPS) is 10.9. The van der Waals surface area contributed by atoms with E-state index in [4.69, 9.17) is 0 Å². The van der Waals surface area contributed by atoms with Crippen LogP contribution in [0, 0.1) is 13.8 Å². The van der Waals surface area contributed by atoms with E-state index in [1.54, 1.807) is 0 Å². The van der Waals surface area contributed by atoms with Gasteiger partial charge in [-0.3, -0.25) is 0 Å². The van der Waals surface area contributed by atoms with Crippen molar-refractivity contribution in [1.29, 1.82) is 0 Å². The number of carbonyl (C=O) groups is 1. The summed E-state index contributed by atoms with van der Waals surface area (Å²) in [5.74, 6) is -1.23. The maximum atomic E-state index is 11.1. The van der Waals surface area contributed by atoms with Gasteiger partial charge in [0.25, 0.3) is 0 Å². The highest BCUT2D eigenvalue weighted by molar-refractivity contribution is 5.86. The maximum Gasteiger partial charge on any atom is 0.157 e. The lowest BCUT2D eigenvalue weighted by molar-refractivity contribution is -0.255. The lowest BCUT2D eigenvalue weighted by Crippen LogP contribution is -2.26. The van der Waals surface area contributed by atoms with Crippen LogP contribution in [0.3, 0.4) is 0 Å². The fourth-order valence-electron chi connectivity index (χ4n) is 1.82. The predicted octanol–water partition coefficient (Wildman–Crippen LogP) is 0.272. The number of fused-ring (bicyclic) bond motifs is 1. The molecule has 2 heterocycles. The van der Waals surface area contributed by atoms with Crippen LogP contribution in [0.15, 0.2) is 6.07 Å². The number of rotatable bonds is 2. The molecule has 2 aromatic rings. The summed E-state index contributed by atoms with van der Waals surface area (Å²) in [6, 6.07) is 1.88. The van der Waals surface area contributed by atoms with Gasteiger partial charge in [-0.15, -0.1) is 0 Å². The van der Waals surface area contributed by atoms with Crippen LogP contribution in [0.2, 0.25) is 0 Å². The van der Waals surface area contributed by atoms with Crippen LogP contribution in [0.5, 0.6) is 0 Å². The standard InChI is InChI=1S/C11H13N3O2/c1-4-8-9(11(15)16)14-10(12-8)6(2)5-7(3)13-14/h5H,4H2,1-3H3,(H,15,16)/p-1. The molecule has 0 N–H and O–H groups in total. The van der Waals surface area contributed by atoms with Crippen LogP contribution < -0.4 is 5.11 Å². The van der Waals surface area contributed by atoms with E-state index in [1.165, 1.54) is 4.52 Å². The van der Waals surface area contributed by atoms with Gasteiger partial charge in [0.1, 0.15) is 5.69 Å². The van der Waals surface area contributed by atoms with E-state index in [0.717, 1.165) is 11.3 Å². The Balaban J connectivity index is 2.89. The molecular weight excluding hydrogens is 206 g/mol. The van der Waals surface area contributed by atoms with Gasteiger partial charge in [0.15, 0.2) is 5.65 Å². The lowest BCUT2D eigenvalue weighted by Gasteiger charge is -2.05. The Morgan fingerprint density at radius 1 is 1.50 bits per heavy atom. The van der Waals surface area contributed by atoms with Crippen molar-refractivity contribution in [1.82, 2.24) is 14.6 Å². The minimum atomic E-state index is -1.23. The Morgan fingerprint density at radius 3 is 2.75 bits per heavy atom.